The molecule has 0 unspecified atom stereocenters. The molecule has 20 heavy (non-hydrogen) atoms. The lowest BCUT2D eigenvalue weighted by atomic mass is 10.1. The van der Waals surface area contributed by atoms with Crippen molar-refractivity contribution in [1.29, 1.82) is 0 Å². The zero-order chi connectivity index (χ0) is 14.3. The van der Waals surface area contributed by atoms with Crippen molar-refractivity contribution in [2.75, 3.05) is 5.32 Å². The Balaban J connectivity index is 2.09. The van der Waals surface area contributed by atoms with Crippen LogP contribution >= 0.6 is 0 Å². The molecule has 0 saturated carbocycles. The number of nitrogens with one attached hydrogen (secondary N) is 1. The minimum absolute atomic E-state index is 0.122. The zero-order valence-corrected chi connectivity index (χ0v) is 10.5. The van der Waals surface area contributed by atoms with E-state index in [1.807, 2.05) is 18.2 Å². The molecule has 1 aromatic heterocycles. The van der Waals surface area contributed by atoms with Gasteiger partial charge in [-0.3, -0.25) is 4.79 Å². The summed E-state index contributed by atoms with van der Waals surface area (Å²) in [4.78, 5) is 26.2. The third-order valence-corrected chi connectivity index (χ3v) is 3.17. The molecule has 1 aliphatic rings. The van der Waals surface area contributed by atoms with Crippen LogP contribution in [0.1, 0.15) is 11.4 Å². The van der Waals surface area contributed by atoms with Crippen molar-refractivity contribution in [2.45, 2.75) is 0 Å². The van der Waals surface area contributed by atoms with Gasteiger partial charge in [-0.15, -0.1) is 0 Å². The Bertz CT molecular complexity index is 761. The average molecular weight is 270 g/mol. The van der Waals surface area contributed by atoms with E-state index >= 15 is 0 Å². The van der Waals surface area contributed by atoms with Crippen molar-refractivity contribution < 1.29 is 9.72 Å². The van der Waals surface area contributed by atoms with Gasteiger partial charge in [0.2, 0.25) is 5.82 Å². The van der Waals surface area contributed by atoms with Crippen LogP contribution in [0.3, 0.4) is 0 Å². The minimum Gasteiger partial charge on any atom is -0.358 e. The predicted molar refractivity (Wildman–Crippen MR) is 72.8 cm³/mol. The third kappa shape index (κ3) is 1.76. The molecule has 1 N–H and O–H groups in total. The highest BCUT2D eigenvalue weighted by atomic mass is 16.6. The van der Waals surface area contributed by atoms with E-state index in [9.17, 15) is 14.9 Å². The van der Waals surface area contributed by atoms with Crippen molar-refractivity contribution in [3.05, 3.63) is 52.0 Å². The molecule has 0 spiro atoms. The summed E-state index contributed by atoms with van der Waals surface area (Å²) in [6, 6.07) is 7.27. The van der Waals surface area contributed by atoms with E-state index in [0.29, 0.717) is 11.4 Å². The first-order chi connectivity index (χ1) is 9.58. The lowest BCUT2D eigenvalue weighted by molar-refractivity contribution is -0.391. The number of nitrogens with zero attached hydrogens (tertiary/aromatic N) is 3. The second-order valence-electron chi connectivity index (χ2n) is 4.35. The number of anilines is 1. The van der Waals surface area contributed by atoms with Crippen molar-refractivity contribution in [1.82, 2.24) is 9.55 Å². The third-order valence-electron chi connectivity index (χ3n) is 3.17. The molecule has 100 valence electrons. The molecule has 0 radical (unpaired) electrons. The maximum atomic E-state index is 11.9. The largest absolute Gasteiger partial charge is 0.358 e. The number of carbonyl (C=O) groups excluding carboxylic acids is 1. The molecule has 0 fully saturated rings. The minimum atomic E-state index is -0.516. The van der Waals surface area contributed by atoms with Gasteiger partial charge in [0.1, 0.15) is 6.20 Å². The van der Waals surface area contributed by atoms with Crippen molar-refractivity contribution in [3.63, 3.8) is 0 Å². The molecule has 0 saturated heterocycles. The first-order valence-electron chi connectivity index (χ1n) is 5.86. The summed E-state index contributed by atoms with van der Waals surface area (Å²) in [6.07, 6.45) is 2.72. The Morgan fingerprint density at radius 3 is 2.85 bits per heavy atom. The lowest BCUT2D eigenvalue weighted by Gasteiger charge is -1.97. The smallest absolute Gasteiger partial charge is 0.342 e. The lowest BCUT2D eigenvalue weighted by Crippen LogP contribution is -2.04. The van der Waals surface area contributed by atoms with E-state index in [1.54, 1.807) is 12.1 Å². The van der Waals surface area contributed by atoms with E-state index in [4.69, 9.17) is 0 Å². The van der Waals surface area contributed by atoms with E-state index in [1.165, 1.54) is 17.8 Å². The Hall–Kier alpha value is -2.96. The van der Waals surface area contributed by atoms with E-state index in [0.717, 1.165) is 11.3 Å². The Morgan fingerprint density at radius 2 is 2.15 bits per heavy atom. The van der Waals surface area contributed by atoms with Crippen molar-refractivity contribution in [3.8, 4) is 0 Å². The molecule has 3 rings (SSSR count). The molecule has 0 atom stereocenters. The number of para-hydroxylation sites is 1. The van der Waals surface area contributed by atoms with Gasteiger partial charge in [0.25, 0.3) is 5.91 Å². The van der Waals surface area contributed by atoms with E-state index in [-0.39, 0.29) is 11.7 Å². The molecule has 7 nitrogen and oxygen atoms in total. The quantitative estimate of drug-likeness (QED) is 0.512. The summed E-state index contributed by atoms with van der Waals surface area (Å²) in [5.41, 5.74) is 1.94. The molecule has 0 aliphatic carbocycles. The van der Waals surface area contributed by atoms with Crippen LogP contribution in [0.4, 0.5) is 11.5 Å². The Kier molecular flexibility index (Phi) is 2.60. The molecule has 1 amide bonds. The average Bonchev–Trinajstić information content (AvgIpc) is 2.92. The summed E-state index contributed by atoms with van der Waals surface area (Å²) >= 11 is 0. The number of imidazole rings is 1. The highest BCUT2D eigenvalue weighted by Gasteiger charge is 2.25. The zero-order valence-electron chi connectivity index (χ0n) is 10.5. The van der Waals surface area contributed by atoms with Crippen molar-refractivity contribution in [2.24, 2.45) is 7.05 Å². The maximum absolute atomic E-state index is 11.9. The Labute approximate surface area is 113 Å². The van der Waals surface area contributed by atoms with Crippen LogP contribution in [0.5, 0.6) is 0 Å². The SMILES string of the molecule is Cn1c([N+](=O)[O-])cnc1C=C1C(=O)Nc2ccccc21. The summed E-state index contributed by atoms with van der Waals surface area (Å²) in [7, 11) is 1.54. The molecule has 2 aromatic rings. The fraction of sp³-hybridized carbons (Fsp3) is 0.0769. The molecule has 1 aromatic carbocycles. The predicted octanol–water partition coefficient (Wildman–Crippen LogP) is 1.82. The first-order valence-corrected chi connectivity index (χ1v) is 5.86. The number of aromatic nitrogens is 2. The standard InChI is InChI=1S/C13H10N4O3/c1-16-11(14-7-12(16)17(19)20)6-9-8-4-2-3-5-10(8)15-13(9)18/h2-7H,1H3,(H,15,18). The number of rotatable bonds is 2. The van der Waals surface area contributed by atoms with Crippen LogP contribution in [0.2, 0.25) is 0 Å². The van der Waals surface area contributed by atoms with E-state index < -0.39 is 4.92 Å². The molecular weight excluding hydrogens is 260 g/mol. The summed E-state index contributed by atoms with van der Waals surface area (Å²) in [6.45, 7) is 0. The fourth-order valence-corrected chi connectivity index (χ4v) is 2.13. The van der Waals surface area contributed by atoms with Gasteiger partial charge in [-0.1, -0.05) is 18.2 Å². The van der Waals surface area contributed by atoms with Crippen LogP contribution in [0.25, 0.3) is 11.6 Å². The highest BCUT2D eigenvalue weighted by Crippen LogP contribution is 2.32. The second-order valence-corrected chi connectivity index (χ2v) is 4.35. The van der Waals surface area contributed by atoms with E-state index in [2.05, 4.69) is 10.3 Å². The molecular formula is C13H10N4O3. The summed E-state index contributed by atoms with van der Waals surface area (Å²) < 4.78 is 1.33. The number of hydrogen-bond acceptors (Lipinski definition) is 4. The fourth-order valence-electron chi connectivity index (χ4n) is 2.13. The van der Waals surface area contributed by atoms with Gasteiger partial charge in [0.05, 0.1) is 12.6 Å². The number of fused-ring (bicyclic) bond motifs is 1. The van der Waals surface area contributed by atoms with Crippen LogP contribution in [-0.2, 0) is 11.8 Å². The molecule has 7 heteroatoms. The van der Waals surface area contributed by atoms with Gasteiger partial charge in [-0.25, -0.2) is 9.55 Å². The summed E-state index contributed by atoms with van der Waals surface area (Å²) in [5.74, 6) is -0.000976. The maximum Gasteiger partial charge on any atom is 0.342 e. The highest BCUT2D eigenvalue weighted by molar-refractivity contribution is 6.34. The Morgan fingerprint density at radius 1 is 1.40 bits per heavy atom. The van der Waals surface area contributed by atoms with Crippen LogP contribution < -0.4 is 5.32 Å². The van der Waals surface area contributed by atoms with Gasteiger partial charge < -0.3 is 15.4 Å². The van der Waals surface area contributed by atoms with Crippen LogP contribution in [0, 0.1) is 10.1 Å². The number of carbonyl (C=O) groups is 1. The summed E-state index contributed by atoms with van der Waals surface area (Å²) in [5, 5.41) is 13.5. The van der Waals surface area contributed by atoms with Gasteiger partial charge in [-0.05, 0) is 11.0 Å². The van der Waals surface area contributed by atoms with Gasteiger partial charge in [0, 0.05) is 17.3 Å². The number of amides is 1. The number of hydrogen-bond donors (Lipinski definition) is 1. The van der Waals surface area contributed by atoms with Gasteiger partial charge in [-0.2, -0.15) is 0 Å². The van der Waals surface area contributed by atoms with Crippen LogP contribution in [0.15, 0.2) is 30.5 Å². The second kappa shape index (κ2) is 4.30. The van der Waals surface area contributed by atoms with Gasteiger partial charge in [0.15, 0.2) is 0 Å². The normalized spacial score (nSPS) is 15.2. The first kappa shape index (κ1) is 12.1. The molecule has 1 aliphatic heterocycles. The monoisotopic (exact) mass is 270 g/mol. The van der Waals surface area contributed by atoms with Crippen LogP contribution in [-0.4, -0.2) is 20.4 Å². The molecule has 2 heterocycles. The van der Waals surface area contributed by atoms with Crippen molar-refractivity contribution >= 4 is 29.1 Å². The number of nitro groups is 1. The number of benzene rings is 1. The topological polar surface area (TPSA) is 90.1 Å². The van der Waals surface area contributed by atoms with Gasteiger partial charge >= 0.3 is 5.82 Å². The molecule has 0 bridgehead atoms.